The van der Waals surface area contributed by atoms with E-state index >= 15 is 0 Å². The molecule has 29 heavy (non-hydrogen) atoms. The number of aliphatic imine (C=N–C) groups is 1. The van der Waals surface area contributed by atoms with Crippen molar-refractivity contribution in [1.29, 1.82) is 0 Å². The van der Waals surface area contributed by atoms with Gasteiger partial charge in [0.15, 0.2) is 5.96 Å². The van der Waals surface area contributed by atoms with Crippen LogP contribution in [0.4, 0.5) is 0 Å². The van der Waals surface area contributed by atoms with E-state index in [-0.39, 0.29) is 12.0 Å². The van der Waals surface area contributed by atoms with Crippen molar-refractivity contribution >= 4 is 5.96 Å². The third-order valence-corrected chi connectivity index (χ3v) is 5.88. The molecular weight excluding hydrogens is 362 g/mol. The number of nitrogens with zero attached hydrogens (tertiary/aromatic N) is 3. The zero-order valence-corrected chi connectivity index (χ0v) is 17.6. The van der Waals surface area contributed by atoms with Crippen molar-refractivity contribution in [2.24, 2.45) is 10.4 Å². The van der Waals surface area contributed by atoms with Gasteiger partial charge in [-0.1, -0.05) is 31.4 Å². The summed E-state index contributed by atoms with van der Waals surface area (Å²) in [6.45, 7) is 4.82. The smallest absolute Gasteiger partial charge is 0.191 e. The Morgan fingerprint density at radius 1 is 1.17 bits per heavy atom. The van der Waals surface area contributed by atoms with Crippen LogP contribution in [0.15, 0.2) is 47.7 Å². The molecule has 6 nitrogen and oxygen atoms in total. The van der Waals surface area contributed by atoms with Crippen LogP contribution in [0.25, 0.3) is 5.69 Å². The molecule has 1 aliphatic carbocycles. The SMILES string of the molecule is CCNC(=NCC1(CCO)CCCCC1)NCCc1ccc(-n2cccn2)cc1. The molecule has 158 valence electrons. The molecule has 0 bridgehead atoms. The van der Waals surface area contributed by atoms with Crippen LogP contribution in [0, 0.1) is 5.41 Å². The maximum absolute atomic E-state index is 9.51. The van der Waals surface area contributed by atoms with Crippen molar-refractivity contribution < 1.29 is 5.11 Å². The lowest BCUT2D eigenvalue weighted by Crippen LogP contribution is -2.40. The third kappa shape index (κ3) is 6.32. The zero-order valence-electron chi connectivity index (χ0n) is 17.6. The number of rotatable bonds is 9. The largest absolute Gasteiger partial charge is 0.396 e. The van der Waals surface area contributed by atoms with Crippen LogP contribution >= 0.6 is 0 Å². The Bertz CT molecular complexity index is 728. The first kappa shape index (κ1) is 21.4. The van der Waals surface area contributed by atoms with Gasteiger partial charge in [-0.05, 0) is 61.8 Å². The van der Waals surface area contributed by atoms with Gasteiger partial charge in [-0.25, -0.2) is 4.68 Å². The Hall–Kier alpha value is -2.34. The Morgan fingerprint density at radius 3 is 2.62 bits per heavy atom. The molecule has 1 heterocycles. The van der Waals surface area contributed by atoms with Gasteiger partial charge < -0.3 is 15.7 Å². The van der Waals surface area contributed by atoms with Crippen molar-refractivity contribution in [2.75, 3.05) is 26.2 Å². The van der Waals surface area contributed by atoms with Crippen LogP contribution in [0.1, 0.15) is 51.0 Å². The van der Waals surface area contributed by atoms with E-state index in [1.165, 1.54) is 37.7 Å². The molecule has 0 saturated heterocycles. The molecule has 6 heteroatoms. The molecule has 0 spiro atoms. The molecule has 1 fully saturated rings. The minimum absolute atomic E-state index is 0.178. The molecule has 1 aliphatic rings. The van der Waals surface area contributed by atoms with Crippen molar-refractivity contribution in [3.05, 3.63) is 48.3 Å². The summed E-state index contributed by atoms with van der Waals surface area (Å²) in [5, 5.41) is 20.6. The van der Waals surface area contributed by atoms with Gasteiger partial charge in [0.1, 0.15) is 0 Å². The number of hydrogen-bond donors (Lipinski definition) is 3. The average Bonchev–Trinajstić information content (AvgIpc) is 3.28. The summed E-state index contributed by atoms with van der Waals surface area (Å²) in [7, 11) is 0. The molecule has 1 aromatic carbocycles. The fraction of sp³-hybridized carbons (Fsp3) is 0.565. The molecule has 2 aromatic rings. The molecule has 3 rings (SSSR count). The van der Waals surface area contributed by atoms with Gasteiger partial charge in [-0.2, -0.15) is 5.10 Å². The summed E-state index contributed by atoms with van der Waals surface area (Å²) in [5.74, 6) is 0.878. The molecular formula is C23H35N5O. The van der Waals surface area contributed by atoms with E-state index in [0.29, 0.717) is 0 Å². The first-order chi connectivity index (χ1) is 14.2. The summed E-state index contributed by atoms with van der Waals surface area (Å²) in [6, 6.07) is 10.4. The third-order valence-electron chi connectivity index (χ3n) is 5.88. The van der Waals surface area contributed by atoms with E-state index in [1.807, 2.05) is 16.9 Å². The number of guanidine groups is 1. The monoisotopic (exact) mass is 397 g/mol. The second-order valence-corrected chi connectivity index (χ2v) is 8.02. The number of aliphatic hydroxyl groups excluding tert-OH is 1. The Balaban J connectivity index is 1.52. The second-order valence-electron chi connectivity index (χ2n) is 8.02. The number of aromatic nitrogens is 2. The Labute approximate surface area is 174 Å². The van der Waals surface area contributed by atoms with E-state index < -0.39 is 0 Å². The number of nitrogens with one attached hydrogen (secondary N) is 2. The maximum atomic E-state index is 9.51. The molecule has 0 atom stereocenters. The highest BCUT2D eigenvalue weighted by atomic mass is 16.3. The van der Waals surface area contributed by atoms with Gasteiger partial charge in [-0.3, -0.25) is 4.99 Å². The highest BCUT2D eigenvalue weighted by Crippen LogP contribution is 2.39. The first-order valence-corrected chi connectivity index (χ1v) is 11.0. The van der Waals surface area contributed by atoms with Crippen molar-refractivity contribution in [3.63, 3.8) is 0 Å². The highest BCUT2D eigenvalue weighted by Gasteiger charge is 2.31. The van der Waals surface area contributed by atoms with Crippen LogP contribution in [0.5, 0.6) is 0 Å². The topological polar surface area (TPSA) is 74.5 Å². The van der Waals surface area contributed by atoms with Crippen LogP contribution in [0.3, 0.4) is 0 Å². The van der Waals surface area contributed by atoms with Gasteiger partial charge in [0, 0.05) is 38.6 Å². The summed E-state index contributed by atoms with van der Waals surface area (Å²) in [6.07, 6.45) is 11.7. The molecule has 0 aliphatic heterocycles. The number of hydrogen-bond acceptors (Lipinski definition) is 3. The average molecular weight is 398 g/mol. The van der Waals surface area contributed by atoms with E-state index in [4.69, 9.17) is 4.99 Å². The van der Waals surface area contributed by atoms with Gasteiger partial charge >= 0.3 is 0 Å². The fourth-order valence-corrected chi connectivity index (χ4v) is 4.18. The van der Waals surface area contributed by atoms with E-state index in [2.05, 4.69) is 46.9 Å². The van der Waals surface area contributed by atoms with Gasteiger partial charge in [0.05, 0.1) is 5.69 Å². The van der Waals surface area contributed by atoms with E-state index in [1.54, 1.807) is 6.20 Å². The second kappa shape index (κ2) is 11.0. The van der Waals surface area contributed by atoms with E-state index in [9.17, 15) is 5.11 Å². The summed E-state index contributed by atoms with van der Waals surface area (Å²) in [5.41, 5.74) is 2.54. The first-order valence-electron chi connectivity index (χ1n) is 11.0. The van der Waals surface area contributed by atoms with Gasteiger partial charge in [0.25, 0.3) is 0 Å². The zero-order chi connectivity index (χ0) is 20.4. The van der Waals surface area contributed by atoms with Crippen molar-refractivity contribution in [3.8, 4) is 5.69 Å². The van der Waals surface area contributed by atoms with E-state index in [0.717, 1.165) is 44.1 Å². The fourth-order valence-electron chi connectivity index (χ4n) is 4.18. The molecule has 0 unspecified atom stereocenters. The lowest BCUT2D eigenvalue weighted by Gasteiger charge is -2.35. The predicted octanol–water partition coefficient (Wildman–Crippen LogP) is 3.30. The van der Waals surface area contributed by atoms with Gasteiger partial charge in [-0.15, -0.1) is 0 Å². The number of aliphatic hydroxyl groups is 1. The Kier molecular flexibility index (Phi) is 8.11. The molecule has 0 amide bonds. The van der Waals surface area contributed by atoms with Crippen molar-refractivity contribution in [2.45, 2.75) is 51.9 Å². The lowest BCUT2D eigenvalue weighted by molar-refractivity contribution is 0.137. The maximum Gasteiger partial charge on any atom is 0.191 e. The normalized spacial score (nSPS) is 16.6. The van der Waals surface area contributed by atoms with Gasteiger partial charge in [0.2, 0.25) is 0 Å². The summed E-state index contributed by atoms with van der Waals surface area (Å²) < 4.78 is 1.87. The van der Waals surface area contributed by atoms with Crippen molar-refractivity contribution in [1.82, 2.24) is 20.4 Å². The minimum Gasteiger partial charge on any atom is -0.396 e. The standard InChI is InChI=1S/C23H35N5O/c1-2-24-22(26-19-23(14-18-29)12-4-3-5-13-23)25-16-11-20-7-9-21(10-8-20)28-17-6-15-27-28/h6-10,15,17,29H,2-5,11-14,16,18-19H2,1H3,(H2,24,25,26). The number of benzene rings is 1. The van der Waals surface area contributed by atoms with Crippen LogP contribution in [-0.4, -0.2) is 47.1 Å². The lowest BCUT2D eigenvalue weighted by atomic mass is 9.72. The molecule has 0 radical (unpaired) electrons. The summed E-state index contributed by atoms with van der Waals surface area (Å²) in [4.78, 5) is 4.88. The molecule has 1 aromatic heterocycles. The van der Waals surface area contributed by atoms with Crippen LogP contribution in [-0.2, 0) is 6.42 Å². The van der Waals surface area contributed by atoms with Crippen LogP contribution < -0.4 is 10.6 Å². The Morgan fingerprint density at radius 2 is 1.97 bits per heavy atom. The van der Waals surface area contributed by atoms with Crippen LogP contribution in [0.2, 0.25) is 0 Å². The summed E-state index contributed by atoms with van der Waals surface area (Å²) >= 11 is 0. The highest BCUT2D eigenvalue weighted by molar-refractivity contribution is 5.79. The molecule has 1 saturated carbocycles. The quantitative estimate of drug-likeness (QED) is 0.448. The minimum atomic E-state index is 0.178. The predicted molar refractivity (Wildman–Crippen MR) is 118 cm³/mol. The molecule has 3 N–H and O–H groups in total.